The molecule has 4 heteroatoms. The lowest BCUT2D eigenvalue weighted by Gasteiger charge is -2.21. The van der Waals surface area contributed by atoms with E-state index in [1.165, 1.54) is 0 Å². The van der Waals surface area contributed by atoms with Gasteiger partial charge in [-0.3, -0.25) is 9.97 Å². The van der Waals surface area contributed by atoms with Gasteiger partial charge in [-0.25, -0.2) is 0 Å². The first-order valence-electron chi connectivity index (χ1n) is 5.55. The largest absolute Gasteiger partial charge is 0.381 e. The molecule has 1 aromatic heterocycles. The van der Waals surface area contributed by atoms with Crippen LogP contribution in [0.3, 0.4) is 0 Å². The van der Waals surface area contributed by atoms with E-state index in [1.54, 1.807) is 12.4 Å². The molecule has 0 spiro atoms. The Morgan fingerprint density at radius 2 is 2.06 bits per heavy atom. The van der Waals surface area contributed by atoms with Gasteiger partial charge in [-0.15, -0.1) is 0 Å². The average Bonchev–Trinajstić information content (AvgIpc) is 2.66. The second-order valence-electron chi connectivity index (χ2n) is 5.37. The van der Waals surface area contributed by atoms with E-state index in [0.717, 1.165) is 5.69 Å². The summed E-state index contributed by atoms with van der Waals surface area (Å²) in [5.74, 6) is 0. The summed E-state index contributed by atoms with van der Waals surface area (Å²) in [4.78, 5) is 8.67. The van der Waals surface area contributed by atoms with Crippen LogP contribution in [0.5, 0.6) is 0 Å². The molecule has 1 atom stereocenters. The zero-order valence-corrected chi connectivity index (χ0v) is 10.0. The number of aliphatic hydroxyl groups is 1. The van der Waals surface area contributed by atoms with Gasteiger partial charge in [-0.2, -0.15) is 0 Å². The summed E-state index contributed by atoms with van der Waals surface area (Å²) in [7, 11) is 0. The van der Waals surface area contributed by atoms with Gasteiger partial charge in [0.05, 0.1) is 24.2 Å². The molecule has 1 unspecified atom stereocenters. The van der Waals surface area contributed by atoms with Crippen molar-refractivity contribution in [3.05, 3.63) is 23.8 Å². The van der Waals surface area contributed by atoms with Crippen LogP contribution in [0.1, 0.15) is 38.6 Å². The Hall–Kier alpha value is -1.00. The molecule has 1 aromatic rings. The lowest BCUT2D eigenvalue weighted by atomic mass is 9.92. The summed E-state index contributed by atoms with van der Waals surface area (Å²) >= 11 is 0. The lowest BCUT2D eigenvalue weighted by molar-refractivity contribution is 0.0190. The molecule has 2 heterocycles. The molecule has 0 amide bonds. The first-order chi connectivity index (χ1) is 7.42. The van der Waals surface area contributed by atoms with E-state index >= 15 is 0 Å². The first kappa shape index (κ1) is 11.5. The van der Waals surface area contributed by atoms with Crippen molar-refractivity contribution in [2.75, 3.05) is 13.2 Å². The van der Waals surface area contributed by atoms with Crippen LogP contribution < -0.4 is 0 Å². The fraction of sp³-hybridized carbons (Fsp3) is 0.667. The highest BCUT2D eigenvalue weighted by atomic mass is 16.5. The quantitative estimate of drug-likeness (QED) is 0.780. The Kier molecular flexibility index (Phi) is 2.72. The highest BCUT2D eigenvalue weighted by Crippen LogP contribution is 2.29. The maximum absolute atomic E-state index is 10.2. The van der Waals surface area contributed by atoms with Gasteiger partial charge < -0.3 is 9.84 Å². The van der Waals surface area contributed by atoms with Crippen molar-refractivity contribution >= 4 is 0 Å². The molecule has 88 valence electrons. The molecule has 0 radical (unpaired) electrons. The minimum atomic E-state index is -0.941. The molecule has 1 N–H and O–H groups in total. The molecule has 0 aliphatic carbocycles. The van der Waals surface area contributed by atoms with Crippen LogP contribution in [0.4, 0.5) is 0 Å². The predicted octanol–water partition coefficient (Wildman–Crippen LogP) is 1.38. The van der Waals surface area contributed by atoms with E-state index in [1.807, 2.05) is 0 Å². The molecule has 1 fully saturated rings. The maximum Gasteiger partial charge on any atom is 0.133 e. The molecule has 2 rings (SSSR count). The number of rotatable bonds is 1. The van der Waals surface area contributed by atoms with E-state index in [2.05, 4.69) is 30.7 Å². The highest BCUT2D eigenvalue weighted by Gasteiger charge is 2.36. The van der Waals surface area contributed by atoms with Crippen molar-refractivity contribution < 1.29 is 9.84 Å². The predicted molar refractivity (Wildman–Crippen MR) is 60.1 cm³/mol. The fourth-order valence-electron chi connectivity index (χ4n) is 1.71. The van der Waals surface area contributed by atoms with Crippen LogP contribution in [0, 0.1) is 0 Å². The fourth-order valence-corrected chi connectivity index (χ4v) is 1.71. The summed E-state index contributed by atoms with van der Waals surface area (Å²) in [6, 6.07) is 0. The van der Waals surface area contributed by atoms with Gasteiger partial charge in [0.1, 0.15) is 5.60 Å². The smallest absolute Gasteiger partial charge is 0.133 e. The minimum absolute atomic E-state index is 0.0136. The Morgan fingerprint density at radius 1 is 1.31 bits per heavy atom. The molecule has 0 aromatic carbocycles. The number of ether oxygens (including phenoxy) is 1. The second-order valence-corrected chi connectivity index (χ2v) is 5.37. The van der Waals surface area contributed by atoms with Gasteiger partial charge in [0.25, 0.3) is 0 Å². The Balaban J connectivity index is 2.26. The SMILES string of the molecule is CC(C)(C)c1cnc(C2(O)CCOC2)cn1. The van der Waals surface area contributed by atoms with Crippen LogP contribution in [0.25, 0.3) is 0 Å². The summed E-state index contributed by atoms with van der Waals surface area (Å²) in [6.07, 6.45) is 4.00. The third-order valence-electron chi connectivity index (χ3n) is 2.90. The zero-order chi connectivity index (χ0) is 11.8. The number of hydrogen-bond donors (Lipinski definition) is 1. The van der Waals surface area contributed by atoms with Crippen LogP contribution in [-0.4, -0.2) is 28.3 Å². The van der Waals surface area contributed by atoms with Gasteiger partial charge in [-0.1, -0.05) is 20.8 Å². The number of nitrogens with zero attached hydrogens (tertiary/aromatic N) is 2. The normalized spacial score (nSPS) is 26.0. The summed E-state index contributed by atoms with van der Waals surface area (Å²) < 4.78 is 5.19. The van der Waals surface area contributed by atoms with Crippen LogP contribution in [0.2, 0.25) is 0 Å². The van der Waals surface area contributed by atoms with Gasteiger partial charge in [-0.05, 0) is 0 Å². The molecule has 1 aliphatic heterocycles. The zero-order valence-electron chi connectivity index (χ0n) is 10.0. The third-order valence-corrected chi connectivity index (χ3v) is 2.90. The summed E-state index contributed by atoms with van der Waals surface area (Å²) in [5.41, 5.74) is 0.584. The maximum atomic E-state index is 10.2. The molecule has 1 saturated heterocycles. The average molecular weight is 222 g/mol. The Labute approximate surface area is 95.7 Å². The topological polar surface area (TPSA) is 55.2 Å². The van der Waals surface area contributed by atoms with Crippen molar-refractivity contribution in [2.45, 2.75) is 38.2 Å². The van der Waals surface area contributed by atoms with Gasteiger partial charge >= 0.3 is 0 Å². The molecular weight excluding hydrogens is 204 g/mol. The van der Waals surface area contributed by atoms with E-state index in [0.29, 0.717) is 25.3 Å². The van der Waals surface area contributed by atoms with Crippen molar-refractivity contribution in [2.24, 2.45) is 0 Å². The molecule has 1 aliphatic rings. The molecule has 4 nitrogen and oxygen atoms in total. The van der Waals surface area contributed by atoms with Gasteiger partial charge in [0.2, 0.25) is 0 Å². The standard InChI is InChI=1S/C12H18N2O2/c1-11(2,3)9-6-14-10(7-13-9)12(15)4-5-16-8-12/h6-7,15H,4-5,8H2,1-3H3. The molecular formula is C12H18N2O2. The van der Waals surface area contributed by atoms with Crippen LogP contribution in [0.15, 0.2) is 12.4 Å². The molecule has 0 bridgehead atoms. The minimum Gasteiger partial charge on any atom is -0.381 e. The van der Waals surface area contributed by atoms with Crippen molar-refractivity contribution in [1.82, 2.24) is 9.97 Å². The summed E-state index contributed by atoms with van der Waals surface area (Å²) in [6.45, 7) is 7.16. The lowest BCUT2D eigenvalue weighted by Crippen LogP contribution is -2.28. The van der Waals surface area contributed by atoms with E-state index in [9.17, 15) is 5.11 Å². The third kappa shape index (κ3) is 2.08. The molecule has 16 heavy (non-hydrogen) atoms. The second kappa shape index (κ2) is 3.79. The van der Waals surface area contributed by atoms with Gasteiger partial charge in [0, 0.05) is 24.6 Å². The van der Waals surface area contributed by atoms with Crippen molar-refractivity contribution in [3.8, 4) is 0 Å². The summed E-state index contributed by atoms with van der Waals surface area (Å²) in [5, 5.41) is 10.2. The van der Waals surface area contributed by atoms with Gasteiger partial charge in [0.15, 0.2) is 0 Å². The number of aromatic nitrogens is 2. The number of hydrogen-bond acceptors (Lipinski definition) is 4. The Bertz CT molecular complexity index is 362. The monoisotopic (exact) mass is 222 g/mol. The van der Waals surface area contributed by atoms with Crippen molar-refractivity contribution in [3.63, 3.8) is 0 Å². The van der Waals surface area contributed by atoms with E-state index in [4.69, 9.17) is 4.74 Å². The highest BCUT2D eigenvalue weighted by molar-refractivity contribution is 5.16. The van der Waals surface area contributed by atoms with E-state index < -0.39 is 5.60 Å². The Morgan fingerprint density at radius 3 is 2.50 bits per heavy atom. The molecule has 0 saturated carbocycles. The van der Waals surface area contributed by atoms with Crippen LogP contribution >= 0.6 is 0 Å². The first-order valence-corrected chi connectivity index (χ1v) is 5.55. The van der Waals surface area contributed by atoms with Crippen molar-refractivity contribution in [1.29, 1.82) is 0 Å². The van der Waals surface area contributed by atoms with E-state index in [-0.39, 0.29) is 5.41 Å². The van der Waals surface area contributed by atoms with Crippen LogP contribution in [-0.2, 0) is 15.8 Å².